The van der Waals surface area contributed by atoms with Gasteiger partial charge in [0.2, 0.25) is 0 Å². The molecule has 684 valence electrons. The zero-order valence-corrected chi connectivity index (χ0v) is 77.9. The van der Waals surface area contributed by atoms with Crippen molar-refractivity contribution in [3.63, 3.8) is 0 Å². The first kappa shape index (κ1) is 90.1. The number of nitrogens with zero attached hydrogens (tertiary/aromatic N) is 14. The second-order valence-electron chi connectivity index (χ2n) is 35.7. The van der Waals surface area contributed by atoms with Gasteiger partial charge in [-0.25, -0.2) is 36.9 Å². The van der Waals surface area contributed by atoms with Crippen molar-refractivity contribution in [3.8, 4) is 170 Å². The molecule has 0 saturated heterocycles. The molecule has 0 aliphatic carbocycles. The van der Waals surface area contributed by atoms with Crippen LogP contribution in [0.25, 0.3) is 241 Å². The number of nitriles is 6. The molecule has 0 radical (unpaired) electrons. The fraction of sp³-hybridized carbons (Fsp3) is 0. The molecule has 0 aliphatic rings. The van der Waals surface area contributed by atoms with Crippen LogP contribution in [0.5, 0.6) is 0 Å². The van der Waals surface area contributed by atoms with E-state index >= 15 is 17.6 Å². The highest BCUT2D eigenvalue weighted by Crippen LogP contribution is 2.50. The zero-order valence-electron chi connectivity index (χ0n) is 77.9. The number of benzene rings is 20. The quantitative estimate of drug-likeness (QED) is 0.0772. The lowest BCUT2D eigenvalue weighted by Crippen LogP contribution is -2.06. The number of aromatic nitrogens is 4. The molecule has 4 aromatic heterocycles. The second-order valence-corrected chi connectivity index (χ2v) is 35.7. The molecule has 4 heterocycles. The lowest BCUT2D eigenvalue weighted by Gasteiger charge is -2.19. The molecule has 148 heavy (non-hydrogen) atoms. The van der Waals surface area contributed by atoms with E-state index in [2.05, 4.69) is 55.8 Å². The molecule has 24 rings (SSSR count). The molecule has 20 aromatic carbocycles. The molecule has 0 bridgehead atoms. The second kappa shape index (κ2) is 37.1. The van der Waals surface area contributed by atoms with E-state index in [1.807, 2.05) is 309 Å². The molecule has 24 aromatic rings. The van der Waals surface area contributed by atoms with Gasteiger partial charge in [-0.1, -0.05) is 243 Å². The maximum atomic E-state index is 15.5. The van der Waals surface area contributed by atoms with E-state index < -0.39 is 23.3 Å². The first-order valence-electron chi connectivity index (χ1n) is 46.9. The van der Waals surface area contributed by atoms with Crippen molar-refractivity contribution >= 4 is 110 Å². The Morgan fingerprint density at radius 3 is 0.608 bits per heavy atom. The van der Waals surface area contributed by atoms with Gasteiger partial charge in [-0.05, 0) is 257 Å². The number of para-hydroxylation sites is 4. The van der Waals surface area contributed by atoms with Gasteiger partial charge in [0.15, 0.2) is 22.7 Å². The topological polar surface area (TPSA) is 180 Å². The highest BCUT2D eigenvalue weighted by Gasteiger charge is 2.30. The molecule has 14 nitrogen and oxygen atoms in total. The lowest BCUT2D eigenvalue weighted by atomic mass is 9.97. The van der Waals surface area contributed by atoms with E-state index in [0.717, 1.165) is 122 Å². The van der Waals surface area contributed by atoms with Gasteiger partial charge in [0.05, 0.1) is 140 Å². The summed E-state index contributed by atoms with van der Waals surface area (Å²) >= 11 is 0. The summed E-state index contributed by atoms with van der Waals surface area (Å²) in [5.74, 6) is -3.10. The van der Waals surface area contributed by atoms with E-state index in [1.54, 1.807) is 72.8 Å². The van der Waals surface area contributed by atoms with Crippen molar-refractivity contribution in [2.45, 2.75) is 0 Å². The summed E-state index contributed by atoms with van der Waals surface area (Å²) in [5.41, 5.74) is 24.9. The minimum absolute atomic E-state index is 0.216. The average Bonchev–Trinajstić information content (AvgIpc) is 1.56. The summed E-state index contributed by atoms with van der Waals surface area (Å²) in [7, 11) is 0. The van der Waals surface area contributed by atoms with Crippen LogP contribution in [-0.2, 0) is 0 Å². The van der Waals surface area contributed by atoms with Gasteiger partial charge in [0.1, 0.15) is 46.5 Å². The predicted molar refractivity (Wildman–Crippen MR) is 578 cm³/mol. The maximum absolute atomic E-state index is 15.5. The predicted octanol–water partition coefficient (Wildman–Crippen LogP) is 34.4. The van der Waals surface area contributed by atoms with Gasteiger partial charge in [-0.15, -0.1) is 0 Å². The molecule has 0 fully saturated rings. The first-order chi connectivity index (χ1) is 72.6. The molecule has 0 aliphatic heterocycles. The Labute approximate surface area is 845 Å². The summed E-state index contributed by atoms with van der Waals surface area (Å²) in [6, 6.07) is 135. The summed E-state index contributed by atoms with van der Waals surface area (Å²) in [6.45, 7) is 32.0. The van der Waals surface area contributed by atoms with Crippen LogP contribution in [0.1, 0.15) is 33.4 Å². The summed E-state index contributed by atoms with van der Waals surface area (Å²) in [4.78, 5) is 15.3. The van der Waals surface area contributed by atoms with Crippen LogP contribution in [-0.4, -0.2) is 18.3 Å². The van der Waals surface area contributed by atoms with Crippen LogP contribution in [0.15, 0.2) is 400 Å². The Bertz CT molecular complexity index is 9350. The van der Waals surface area contributed by atoms with E-state index in [9.17, 15) is 31.6 Å². The highest BCUT2D eigenvalue weighted by atomic mass is 19.1. The SMILES string of the molecule is [C-]#[N+]c1ccccc1-c1ccc2c(c1)c1cc(-c3ccccc3C#N)ccc1n2-c1cc(-c2cc(F)cc(F)c2)cc(-n2c3ccc(-c4ccccc4C#N)cc3c3cc(-c4ccccc4[N+]#[C-])ccc32)c1C#N.[C-]#[N+]c1ccccc1-c1ccc2c3ccc(-c4ccccc4C#N)cc3n(-c3cc(-c4cc(F)cc(F)c4)cc(-n4c5cc(-c6ccccc6C#N)ccc5c5ccc(-c6ccccc6[N+]#[C-])cc54)c3C#N)c2c1. The van der Waals surface area contributed by atoms with Crippen molar-refractivity contribution in [1.82, 2.24) is 18.3 Å². The van der Waals surface area contributed by atoms with Crippen molar-refractivity contribution in [2.75, 3.05) is 0 Å². The van der Waals surface area contributed by atoms with E-state index in [0.29, 0.717) is 145 Å². The number of halogens is 4. The Morgan fingerprint density at radius 2 is 0.372 bits per heavy atom. The lowest BCUT2D eigenvalue weighted by molar-refractivity contribution is 0.583. The van der Waals surface area contributed by atoms with Gasteiger partial charge in [-0.2, -0.15) is 31.6 Å². The largest absolute Gasteiger partial charge is 0.308 e. The zero-order chi connectivity index (χ0) is 101. The van der Waals surface area contributed by atoms with Gasteiger partial charge >= 0.3 is 0 Å². The van der Waals surface area contributed by atoms with Crippen LogP contribution in [0.4, 0.5) is 40.3 Å². The van der Waals surface area contributed by atoms with Crippen LogP contribution in [0.2, 0.25) is 0 Å². The minimum atomic E-state index is -0.783. The third-order valence-electron chi connectivity index (χ3n) is 27.6. The van der Waals surface area contributed by atoms with Gasteiger partial charge in [0.25, 0.3) is 0 Å². The van der Waals surface area contributed by atoms with Gasteiger partial charge in [-0.3, -0.25) is 0 Å². The molecule has 18 heteroatoms. The van der Waals surface area contributed by atoms with Crippen molar-refractivity contribution in [3.05, 3.63) is 503 Å². The van der Waals surface area contributed by atoms with Gasteiger partial charge < -0.3 is 18.3 Å². The number of rotatable bonds is 14. The normalized spacial score (nSPS) is 11.0. The Kier molecular flexibility index (Phi) is 22.6. The first-order valence-corrected chi connectivity index (χ1v) is 46.9. The molecular formula is C130H66F4N14. The minimum Gasteiger partial charge on any atom is -0.308 e. The van der Waals surface area contributed by atoms with Crippen LogP contribution in [0.3, 0.4) is 0 Å². The maximum Gasteiger partial charge on any atom is 0.194 e. The average molecular weight is 1900 g/mol. The molecule has 0 amide bonds. The smallest absolute Gasteiger partial charge is 0.194 e. The third kappa shape index (κ3) is 15.4. The number of fused-ring (bicyclic) bond motifs is 12. The summed E-state index contributed by atoms with van der Waals surface area (Å²) < 4.78 is 69.8. The van der Waals surface area contributed by atoms with Gasteiger partial charge in [0, 0.05) is 55.2 Å². The molecule has 0 unspecified atom stereocenters. The number of hydrogen-bond donors (Lipinski definition) is 0. The van der Waals surface area contributed by atoms with Crippen molar-refractivity contribution < 1.29 is 17.6 Å². The summed E-state index contributed by atoms with van der Waals surface area (Å²) in [6.07, 6.45) is 0. The number of hydrogen-bond acceptors (Lipinski definition) is 6. The standard InChI is InChI=1S/2C65H33F2N7/c1-71-58-17-9-7-15-51(58)41-21-25-62-55(31-41)53-29-39(49-13-5-3-11-43(49)36-68)19-23-60(53)73(62)64-33-46(45-27-47(66)35-48(67)28-45)34-65(57(64)38-70)74-61-24-20-40(50-14-6-4-12-44(50)37-69)30-54(61)56-32-42(22-26-63(56)74)52-16-8-10-18-59(52)72-2;1-71-58-17-9-7-15-51(58)41-21-25-55-53-23-19-39(49-13-5-3-11-43(49)36-68)29-60(53)73(62(55)31-41)64-33-46(45-27-47(66)35-48(67)28-45)34-65(57(64)38-70)74-61-30-40(50-14-6-4-12-44(50)37-69)20-24-54(61)56-26-22-42(32-63(56)74)52-16-8-10-18-59(52)72-2/h2*3-35H. The molecule has 0 N–H and O–H groups in total. The Morgan fingerprint density at radius 1 is 0.176 bits per heavy atom. The van der Waals surface area contributed by atoms with Crippen LogP contribution >= 0.6 is 0 Å². The fourth-order valence-corrected chi connectivity index (χ4v) is 21.0. The van der Waals surface area contributed by atoms with Crippen LogP contribution in [0, 0.1) is 118 Å². The van der Waals surface area contributed by atoms with E-state index in [4.69, 9.17) is 26.3 Å². The molecular weight excluding hydrogens is 1830 g/mol. The third-order valence-corrected chi connectivity index (χ3v) is 27.6. The molecule has 0 saturated carbocycles. The molecule has 0 atom stereocenters. The summed E-state index contributed by atoms with van der Waals surface area (Å²) in [5, 5.41) is 71.0. The van der Waals surface area contributed by atoms with Crippen molar-refractivity contribution in [1.29, 1.82) is 31.6 Å². The fourth-order valence-electron chi connectivity index (χ4n) is 21.0. The molecule has 0 spiro atoms. The van der Waals surface area contributed by atoms with E-state index in [-0.39, 0.29) is 22.3 Å². The monoisotopic (exact) mass is 1900 g/mol. The Balaban J connectivity index is 0.000000163. The van der Waals surface area contributed by atoms with Crippen LogP contribution < -0.4 is 0 Å². The van der Waals surface area contributed by atoms with Crippen molar-refractivity contribution in [2.24, 2.45) is 0 Å². The van der Waals surface area contributed by atoms with E-state index in [1.165, 1.54) is 24.3 Å². The Hall–Kier alpha value is -21.8. The highest BCUT2D eigenvalue weighted by molar-refractivity contribution is 6.17.